The molecule has 1 aliphatic carbocycles. The van der Waals surface area contributed by atoms with Crippen LogP contribution in [-0.4, -0.2) is 63.3 Å². The molecule has 1 saturated heterocycles. The summed E-state index contributed by atoms with van der Waals surface area (Å²) in [6.45, 7) is 3.95. The van der Waals surface area contributed by atoms with E-state index >= 15 is 0 Å². The Kier molecular flexibility index (Phi) is 6.22. The van der Waals surface area contributed by atoms with Crippen molar-refractivity contribution in [3.05, 3.63) is 24.0 Å². The highest BCUT2D eigenvalue weighted by Gasteiger charge is 2.28. The molecule has 0 spiro atoms. The number of benzene rings is 1. The molecule has 1 aromatic rings. The average Bonchev–Trinajstić information content (AvgIpc) is 2.67. The molecule has 0 unspecified atom stereocenters. The van der Waals surface area contributed by atoms with Gasteiger partial charge in [-0.2, -0.15) is 5.26 Å². The fourth-order valence-electron chi connectivity index (χ4n) is 3.90. The molecular weight excluding hydrogens is 369 g/mol. The van der Waals surface area contributed by atoms with E-state index in [9.17, 15) is 12.8 Å². The molecule has 8 heteroatoms. The lowest BCUT2D eigenvalue weighted by molar-refractivity contribution is 0.0811. The van der Waals surface area contributed by atoms with Crippen molar-refractivity contribution in [1.82, 2.24) is 9.80 Å². The summed E-state index contributed by atoms with van der Waals surface area (Å²) in [6, 6.07) is 4.35. The van der Waals surface area contributed by atoms with Crippen molar-refractivity contribution >= 4 is 9.84 Å². The Labute approximate surface area is 160 Å². The van der Waals surface area contributed by atoms with Crippen LogP contribution in [0.5, 0.6) is 5.75 Å². The fraction of sp³-hybridized carbons (Fsp3) is 0.632. The first kappa shape index (κ1) is 19.9. The van der Waals surface area contributed by atoms with Gasteiger partial charge in [-0.15, -0.1) is 0 Å². The molecule has 27 heavy (non-hydrogen) atoms. The highest BCUT2D eigenvalue weighted by Crippen LogP contribution is 2.29. The van der Waals surface area contributed by atoms with E-state index in [1.807, 2.05) is 0 Å². The van der Waals surface area contributed by atoms with Crippen LogP contribution in [0.15, 0.2) is 23.1 Å². The molecule has 6 nitrogen and oxygen atoms in total. The van der Waals surface area contributed by atoms with E-state index in [0.29, 0.717) is 18.6 Å². The predicted octanol–water partition coefficient (Wildman–Crippen LogP) is 2.27. The van der Waals surface area contributed by atoms with E-state index in [-0.39, 0.29) is 10.6 Å². The molecule has 0 atom stereocenters. The molecule has 1 aliphatic heterocycles. The minimum atomic E-state index is -3.42. The zero-order valence-corrected chi connectivity index (χ0v) is 16.4. The lowest BCUT2D eigenvalue weighted by Gasteiger charge is -2.40. The van der Waals surface area contributed by atoms with Gasteiger partial charge in [0.15, 0.2) is 27.6 Å². The Balaban J connectivity index is 1.46. The maximum absolute atomic E-state index is 14.1. The molecule has 2 aliphatic rings. The van der Waals surface area contributed by atoms with Crippen LogP contribution in [0.25, 0.3) is 0 Å². The van der Waals surface area contributed by atoms with Gasteiger partial charge < -0.3 is 9.64 Å². The van der Waals surface area contributed by atoms with Crippen LogP contribution < -0.4 is 4.74 Å². The summed E-state index contributed by atoms with van der Waals surface area (Å²) >= 11 is 0. The molecule has 0 radical (unpaired) electrons. The first-order chi connectivity index (χ1) is 12.9. The third-order valence-corrected chi connectivity index (χ3v) is 6.70. The monoisotopic (exact) mass is 395 g/mol. The number of halogens is 1. The maximum atomic E-state index is 14.1. The van der Waals surface area contributed by atoms with Crippen molar-refractivity contribution in [3.8, 4) is 11.9 Å². The van der Waals surface area contributed by atoms with Gasteiger partial charge >= 0.3 is 0 Å². The molecule has 0 N–H and O–H groups in total. The first-order valence-corrected chi connectivity index (χ1v) is 11.3. The number of nitriles is 1. The van der Waals surface area contributed by atoms with Crippen molar-refractivity contribution in [3.63, 3.8) is 0 Å². The summed E-state index contributed by atoms with van der Waals surface area (Å²) in [5.74, 6) is -0.144. The first-order valence-electron chi connectivity index (χ1n) is 9.38. The number of hydrogen-bond acceptors (Lipinski definition) is 6. The molecule has 0 bridgehead atoms. The Bertz CT molecular complexity index is 793. The Morgan fingerprint density at radius 2 is 1.85 bits per heavy atom. The van der Waals surface area contributed by atoms with Crippen molar-refractivity contribution in [2.45, 2.75) is 36.6 Å². The number of hydrogen-bond donors (Lipinski definition) is 0. The summed E-state index contributed by atoms with van der Waals surface area (Å²) in [4.78, 5) is 4.25. The second-order valence-corrected chi connectivity index (χ2v) is 9.49. The maximum Gasteiger partial charge on any atom is 0.179 e. The summed E-state index contributed by atoms with van der Waals surface area (Å²) in [7, 11) is -3.42. The number of rotatable bonds is 5. The standard InChI is InChI=1S/C19H26FN3O3S/c1-27(24,25)17-6-7-19(18(20)12-17)26-13-15-2-4-16(5-3-15)23-10-8-22(14-21)9-11-23/h6-7,12,15-16H,2-5,8-11,13H2,1H3/t15-,16-. The molecular formula is C19H26FN3O3S. The van der Waals surface area contributed by atoms with Gasteiger partial charge in [-0.1, -0.05) is 0 Å². The zero-order chi connectivity index (χ0) is 19.4. The van der Waals surface area contributed by atoms with E-state index in [0.717, 1.165) is 64.2 Å². The largest absolute Gasteiger partial charge is 0.490 e. The van der Waals surface area contributed by atoms with Crippen LogP contribution in [0.3, 0.4) is 0 Å². The second-order valence-electron chi connectivity index (χ2n) is 7.47. The molecule has 3 rings (SSSR count). The van der Waals surface area contributed by atoms with Crippen LogP contribution in [0.1, 0.15) is 25.7 Å². The molecule has 2 fully saturated rings. The average molecular weight is 396 g/mol. The second kappa shape index (κ2) is 8.44. The third-order valence-electron chi connectivity index (χ3n) is 5.59. The van der Waals surface area contributed by atoms with E-state index < -0.39 is 15.7 Å². The van der Waals surface area contributed by atoms with Gasteiger partial charge in [0.1, 0.15) is 0 Å². The summed E-state index contributed by atoms with van der Waals surface area (Å²) < 4.78 is 42.6. The normalized spacial score (nSPS) is 24.4. The minimum absolute atomic E-state index is 0.0376. The van der Waals surface area contributed by atoms with Gasteiger partial charge in [0, 0.05) is 38.5 Å². The number of piperazine rings is 1. The van der Waals surface area contributed by atoms with Crippen molar-refractivity contribution < 1.29 is 17.5 Å². The molecule has 1 aromatic carbocycles. The van der Waals surface area contributed by atoms with Gasteiger partial charge in [-0.25, -0.2) is 12.8 Å². The van der Waals surface area contributed by atoms with Crippen LogP contribution in [0, 0.1) is 23.2 Å². The molecule has 0 aromatic heterocycles. The predicted molar refractivity (Wildman–Crippen MR) is 99.5 cm³/mol. The van der Waals surface area contributed by atoms with Crippen molar-refractivity contribution in [2.75, 3.05) is 39.0 Å². The SMILES string of the molecule is CS(=O)(=O)c1ccc(OC[C@H]2CC[C@H](N3CCN(C#N)CC3)CC2)c(F)c1. The third kappa shape index (κ3) is 5.11. The Morgan fingerprint density at radius 1 is 1.19 bits per heavy atom. The van der Waals surface area contributed by atoms with Crippen molar-refractivity contribution in [2.24, 2.45) is 5.92 Å². The lowest BCUT2D eigenvalue weighted by atomic mass is 9.85. The molecule has 0 amide bonds. The van der Waals surface area contributed by atoms with Gasteiger partial charge in [0.2, 0.25) is 0 Å². The van der Waals surface area contributed by atoms with Gasteiger partial charge in [0.25, 0.3) is 0 Å². The van der Waals surface area contributed by atoms with E-state index in [1.165, 1.54) is 12.1 Å². The van der Waals surface area contributed by atoms with Crippen LogP contribution >= 0.6 is 0 Å². The van der Waals surface area contributed by atoms with Crippen LogP contribution in [-0.2, 0) is 9.84 Å². The van der Waals surface area contributed by atoms with E-state index in [2.05, 4.69) is 11.1 Å². The van der Waals surface area contributed by atoms with Gasteiger partial charge in [-0.3, -0.25) is 4.90 Å². The zero-order valence-electron chi connectivity index (χ0n) is 15.6. The van der Waals surface area contributed by atoms with Crippen LogP contribution in [0.4, 0.5) is 4.39 Å². The minimum Gasteiger partial charge on any atom is -0.490 e. The Morgan fingerprint density at radius 3 is 2.41 bits per heavy atom. The van der Waals surface area contributed by atoms with E-state index in [1.54, 1.807) is 4.90 Å². The molecule has 148 valence electrons. The molecule has 1 heterocycles. The van der Waals surface area contributed by atoms with Gasteiger partial charge in [-0.05, 0) is 49.8 Å². The topological polar surface area (TPSA) is 73.6 Å². The van der Waals surface area contributed by atoms with Gasteiger partial charge in [0.05, 0.1) is 11.5 Å². The fourth-order valence-corrected chi connectivity index (χ4v) is 4.53. The van der Waals surface area contributed by atoms with Crippen molar-refractivity contribution in [1.29, 1.82) is 5.26 Å². The lowest BCUT2D eigenvalue weighted by Crippen LogP contribution is -2.49. The summed E-state index contributed by atoms with van der Waals surface area (Å²) in [5.41, 5.74) is 0. The molecule has 1 saturated carbocycles. The highest BCUT2D eigenvalue weighted by molar-refractivity contribution is 7.90. The van der Waals surface area contributed by atoms with Crippen LogP contribution in [0.2, 0.25) is 0 Å². The highest BCUT2D eigenvalue weighted by atomic mass is 32.2. The summed E-state index contributed by atoms with van der Waals surface area (Å²) in [6.07, 6.45) is 7.52. The number of ether oxygens (including phenoxy) is 1. The smallest absolute Gasteiger partial charge is 0.179 e. The van der Waals surface area contributed by atoms with E-state index in [4.69, 9.17) is 10.00 Å². The quantitative estimate of drug-likeness (QED) is 0.712. The summed E-state index contributed by atoms with van der Waals surface area (Å²) in [5, 5.41) is 8.94. The number of sulfone groups is 1. The number of nitrogens with zero attached hydrogens (tertiary/aromatic N) is 3. The Hall–Kier alpha value is -1.85.